The highest BCUT2D eigenvalue weighted by atomic mass is 19.4. The molecular formula is C27H31F3N2O3. The van der Waals surface area contributed by atoms with Gasteiger partial charge < -0.3 is 19.7 Å². The van der Waals surface area contributed by atoms with Crippen LogP contribution in [0.15, 0.2) is 48.5 Å². The Morgan fingerprint density at radius 1 is 1.20 bits per heavy atom. The van der Waals surface area contributed by atoms with Gasteiger partial charge in [-0.3, -0.25) is 4.79 Å². The Bertz CT molecular complexity index is 1060. The molecule has 3 heterocycles. The lowest BCUT2D eigenvalue weighted by Gasteiger charge is -2.45. The van der Waals surface area contributed by atoms with Gasteiger partial charge in [0.2, 0.25) is 5.91 Å². The molecule has 0 aromatic heterocycles. The summed E-state index contributed by atoms with van der Waals surface area (Å²) < 4.78 is 52.4. The molecule has 3 aliphatic heterocycles. The predicted octanol–water partition coefficient (Wildman–Crippen LogP) is 4.41. The number of rotatable bonds is 4. The van der Waals surface area contributed by atoms with Crippen molar-refractivity contribution in [2.45, 2.75) is 49.4 Å². The van der Waals surface area contributed by atoms with Gasteiger partial charge in [-0.1, -0.05) is 42.5 Å². The van der Waals surface area contributed by atoms with Crippen LogP contribution in [0.3, 0.4) is 0 Å². The van der Waals surface area contributed by atoms with E-state index in [-0.39, 0.29) is 11.8 Å². The van der Waals surface area contributed by atoms with E-state index in [1.54, 1.807) is 7.11 Å². The van der Waals surface area contributed by atoms with Gasteiger partial charge in [-0.25, -0.2) is 0 Å². The molecule has 188 valence electrons. The summed E-state index contributed by atoms with van der Waals surface area (Å²) in [6.45, 7) is 2.00. The molecule has 1 N–H and O–H groups in total. The molecule has 0 radical (unpaired) electrons. The molecule has 0 saturated carbocycles. The summed E-state index contributed by atoms with van der Waals surface area (Å²) in [4.78, 5) is 15.5. The van der Waals surface area contributed by atoms with Crippen LogP contribution in [0.1, 0.15) is 41.9 Å². The Morgan fingerprint density at radius 3 is 2.74 bits per heavy atom. The van der Waals surface area contributed by atoms with Crippen molar-refractivity contribution in [1.29, 1.82) is 0 Å². The van der Waals surface area contributed by atoms with Crippen LogP contribution in [0.5, 0.6) is 5.75 Å². The lowest BCUT2D eigenvalue weighted by atomic mass is 9.69. The molecule has 0 aliphatic carbocycles. The molecule has 0 bridgehead atoms. The number of ether oxygens (including phenoxy) is 2. The number of hydrogen-bond acceptors (Lipinski definition) is 4. The van der Waals surface area contributed by atoms with E-state index in [1.165, 1.54) is 4.90 Å². The smallest absolute Gasteiger partial charge is 0.391 e. The van der Waals surface area contributed by atoms with Gasteiger partial charge in [0.1, 0.15) is 5.75 Å². The van der Waals surface area contributed by atoms with Gasteiger partial charge in [0, 0.05) is 36.7 Å². The average molecular weight is 489 g/mol. The van der Waals surface area contributed by atoms with E-state index < -0.39 is 30.0 Å². The highest BCUT2D eigenvalue weighted by molar-refractivity contribution is 5.82. The van der Waals surface area contributed by atoms with Crippen molar-refractivity contribution in [3.63, 3.8) is 0 Å². The maximum absolute atomic E-state index is 14.0. The summed E-state index contributed by atoms with van der Waals surface area (Å²) in [5, 5.41) is 3.34. The number of benzene rings is 2. The number of carbonyl (C=O) groups is 1. The van der Waals surface area contributed by atoms with Crippen LogP contribution >= 0.6 is 0 Å². The maximum Gasteiger partial charge on any atom is 0.391 e. The Balaban J connectivity index is 1.45. The molecule has 1 spiro atoms. The number of alkyl halides is 3. The minimum Gasteiger partial charge on any atom is -0.496 e. The predicted molar refractivity (Wildman–Crippen MR) is 125 cm³/mol. The number of likely N-dealkylation sites (tertiary alicyclic amines) is 1. The van der Waals surface area contributed by atoms with Crippen molar-refractivity contribution in [3.05, 3.63) is 65.2 Å². The first-order valence-corrected chi connectivity index (χ1v) is 12.2. The summed E-state index contributed by atoms with van der Waals surface area (Å²) in [5.74, 6) is -0.00254. The van der Waals surface area contributed by atoms with Crippen LogP contribution in [-0.2, 0) is 21.6 Å². The van der Waals surface area contributed by atoms with Gasteiger partial charge in [-0.05, 0) is 36.0 Å². The van der Waals surface area contributed by atoms with Crippen molar-refractivity contribution in [2.75, 3.05) is 33.4 Å². The molecule has 5 nitrogen and oxygen atoms in total. The molecule has 3 aliphatic rings. The van der Waals surface area contributed by atoms with Gasteiger partial charge in [-0.2, -0.15) is 13.2 Å². The van der Waals surface area contributed by atoms with Crippen molar-refractivity contribution in [3.8, 4) is 5.75 Å². The summed E-state index contributed by atoms with van der Waals surface area (Å²) >= 11 is 0. The summed E-state index contributed by atoms with van der Waals surface area (Å²) in [6.07, 6.45) is -4.38. The van der Waals surface area contributed by atoms with E-state index in [4.69, 9.17) is 9.47 Å². The molecule has 1 amide bonds. The first kappa shape index (κ1) is 24.1. The number of amides is 1. The molecular weight excluding hydrogens is 457 g/mol. The topological polar surface area (TPSA) is 50.8 Å². The third-order valence-corrected chi connectivity index (χ3v) is 7.99. The second-order valence-corrected chi connectivity index (χ2v) is 9.96. The maximum atomic E-state index is 14.0. The number of fused-ring (bicyclic) bond motifs is 2. The lowest BCUT2D eigenvalue weighted by molar-refractivity contribution is -0.161. The van der Waals surface area contributed by atoms with Gasteiger partial charge in [0.15, 0.2) is 0 Å². The Labute approximate surface area is 203 Å². The Hall–Kier alpha value is -2.58. The summed E-state index contributed by atoms with van der Waals surface area (Å²) in [6, 6.07) is 14.6. The number of methoxy groups -OCH3 is 1. The van der Waals surface area contributed by atoms with Gasteiger partial charge in [0.05, 0.1) is 32.7 Å². The van der Waals surface area contributed by atoms with E-state index in [1.807, 2.05) is 48.5 Å². The normalized spacial score (nSPS) is 28.7. The SMILES string of the molecule is COc1cccc2c1COC[C@]21CNC[C@H]1C(=O)N1CC[C@@H](c2ccccc2)C[C@H]1CC(F)(F)F. The van der Waals surface area contributed by atoms with Crippen LogP contribution in [0, 0.1) is 5.92 Å². The minimum atomic E-state index is -4.35. The molecule has 0 unspecified atom stereocenters. The van der Waals surface area contributed by atoms with Crippen molar-refractivity contribution >= 4 is 5.91 Å². The third-order valence-electron chi connectivity index (χ3n) is 7.99. The van der Waals surface area contributed by atoms with Gasteiger partial charge >= 0.3 is 6.18 Å². The minimum absolute atomic E-state index is 0.00580. The second kappa shape index (κ2) is 9.47. The van der Waals surface area contributed by atoms with Crippen LogP contribution in [0.4, 0.5) is 13.2 Å². The summed E-state index contributed by atoms with van der Waals surface area (Å²) in [5.41, 5.74) is 2.32. The van der Waals surface area contributed by atoms with E-state index in [0.717, 1.165) is 16.7 Å². The van der Waals surface area contributed by atoms with E-state index >= 15 is 0 Å². The number of carbonyl (C=O) groups excluding carboxylic acids is 1. The zero-order valence-corrected chi connectivity index (χ0v) is 19.8. The zero-order valence-electron chi connectivity index (χ0n) is 19.8. The number of hydrogen-bond donors (Lipinski definition) is 1. The fourth-order valence-electron chi connectivity index (χ4n) is 6.33. The second-order valence-electron chi connectivity index (χ2n) is 9.96. The number of piperidine rings is 1. The molecule has 2 fully saturated rings. The zero-order chi connectivity index (χ0) is 24.6. The fraction of sp³-hybridized carbons (Fsp3) is 0.519. The summed E-state index contributed by atoms with van der Waals surface area (Å²) in [7, 11) is 1.60. The molecule has 4 atom stereocenters. The van der Waals surface area contributed by atoms with Gasteiger partial charge in [-0.15, -0.1) is 0 Å². The molecule has 2 aromatic rings. The first-order valence-electron chi connectivity index (χ1n) is 12.2. The highest BCUT2D eigenvalue weighted by Gasteiger charge is 2.53. The van der Waals surface area contributed by atoms with Crippen molar-refractivity contribution < 1.29 is 27.4 Å². The number of nitrogens with zero attached hydrogens (tertiary/aromatic N) is 1. The fourth-order valence-corrected chi connectivity index (χ4v) is 6.33. The van der Waals surface area contributed by atoms with Crippen LogP contribution in [0.2, 0.25) is 0 Å². The molecule has 8 heteroatoms. The molecule has 2 aromatic carbocycles. The van der Waals surface area contributed by atoms with Crippen LogP contribution in [0.25, 0.3) is 0 Å². The van der Waals surface area contributed by atoms with E-state index in [9.17, 15) is 18.0 Å². The first-order chi connectivity index (χ1) is 16.8. The average Bonchev–Trinajstić information content (AvgIpc) is 3.27. The number of nitrogens with one attached hydrogen (secondary N) is 1. The van der Waals surface area contributed by atoms with E-state index in [0.29, 0.717) is 51.4 Å². The van der Waals surface area contributed by atoms with Crippen LogP contribution in [-0.4, -0.2) is 56.4 Å². The largest absolute Gasteiger partial charge is 0.496 e. The Morgan fingerprint density at radius 2 is 2.00 bits per heavy atom. The quantitative estimate of drug-likeness (QED) is 0.693. The van der Waals surface area contributed by atoms with Gasteiger partial charge in [0.25, 0.3) is 0 Å². The molecule has 2 saturated heterocycles. The van der Waals surface area contributed by atoms with E-state index in [2.05, 4.69) is 5.32 Å². The number of halogens is 3. The monoisotopic (exact) mass is 488 g/mol. The standard InChI is InChI=1S/C27H31F3N2O3/c1-34-24-9-5-8-22-21(24)15-35-17-26(22)16-31-14-23(26)25(33)32-11-10-19(18-6-3-2-4-7-18)12-20(32)13-27(28,29)30/h2-9,19-20,23,31H,10-17H2,1H3/t19-,20+,23+,26-/m1/s1. The molecule has 5 rings (SSSR count). The highest BCUT2D eigenvalue weighted by Crippen LogP contribution is 2.46. The molecule has 35 heavy (non-hydrogen) atoms. The Kier molecular flexibility index (Phi) is 6.53. The lowest BCUT2D eigenvalue weighted by Crippen LogP contribution is -2.55. The third kappa shape index (κ3) is 4.54. The van der Waals surface area contributed by atoms with Crippen molar-refractivity contribution in [2.24, 2.45) is 5.92 Å². The van der Waals surface area contributed by atoms with Crippen LogP contribution < -0.4 is 10.1 Å². The van der Waals surface area contributed by atoms with Crippen molar-refractivity contribution in [1.82, 2.24) is 10.2 Å².